The second-order valence-electron chi connectivity index (χ2n) is 9.98. The van der Waals surface area contributed by atoms with E-state index in [4.69, 9.17) is 10.7 Å². The summed E-state index contributed by atoms with van der Waals surface area (Å²) in [7, 11) is 0. The molecule has 1 saturated heterocycles. The predicted octanol–water partition coefficient (Wildman–Crippen LogP) is 3.44. The molecule has 1 atom stereocenters. The minimum atomic E-state index is -4.50. The number of rotatable bonds is 6. The Bertz CT molecular complexity index is 1450. The quantitative estimate of drug-likeness (QED) is 0.523. The standard InChI is InChI=1S/C28H28F3N7O/c29-28(30,31)22-10-5-4-9-20(22)25-21-15-33-26(37-11-6-12-38(34-25)27(21)37)23-17-35(18-24(32)39)13-14-36(23)16-19-7-2-1-3-8-19/h1-10,12,23H,11,13-18H2,(H2,32,39). The van der Waals surface area contributed by atoms with Crippen LogP contribution in [0.15, 0.2) is 65.7 Å². The van der Waals surface area contributed by atoms with Gasteiger partial charge in [0, 0.05) is 50.1 Å². The number of aliphatic imine (C=N–C) groups is 1. The molecule has 3 aliphatic rings. The number of primary amides is 1. The number of carbonyl (C=O) groups excluding carboxylic acids is 1. The number of alkyl halides is 3. The summed E-state index contributed by atoms with van der Waals surface area (Å²) in [6.07, 6.45) is -0.786. The van der Waals surface area contributed by atoms with Crippen molar-refractivity contribution in [1.82, 2.24) is 19.6 Å². The molecule has 0 saturated carbocycles. The second kappa shape index (κ2) is 9.97. The van der Waals surface area contributed by atoms with Gasteiger partial charge in [-0.2, -0.15) is 18.3 Å². The fourth-order valence-electron chi connectivity index (χ4n) is 5.71. The van der Waals surface area contributed by atoms with E-state index in [1.165, 1.54) is 12.1 Å². The van der Waals surface area contributed by atoms with Gasteiger partial charge in [-0.25, -0.2) is 4.68 Å². The highest BCUT2D eigenvalue weighted by atomic mass is 19.4. The van der Waals surface area contributed by atoms with Crippen molar-refractivity contribution in [3.05, 3.63) is 77.4 Å². The van der Waals surface area contributed by atoms with Crippen LogP contribution < -0.4 is 10.6 Å². The van der Waals surface area contributed by atoms with Gasteiger partial charge in [0.15, 0.2) is 0 Å². The Hall–Kier alpha value is -3.96. The van der Waals surface area contributed by atoms with Crippen LogP contribution in [-0.2, 0) is 24.1 Å². The Morgan fingerprint density at radius 2 is 1.82 bits per heavy atom. The molecule has 0 spiro atoms. The molecular weight excluding hydrogens is 507 g/mol. The highest BCUT2D eigenvalue weighted by molar-refractivity contribution is 6.04. The normalized spacial score (nSPS) is 19.6. The molecule has 1 unspecified atom stereocenters. The van der Waals surface area contributed by atoms with Gasteiger partial charge in [0.25, 0.3) is 0 Å². The smallest absolute Gasteiger partial charge is 0.369 e. The molecule has 4 heterocycles. The summed E-state index contributed by atoms with van der Waals surface area (Å²) in [6.45, 7) is 3.56. The number of piperazine rings is 1. The number of aromatic nitrogens is 2. The molecule has 1 amide bonds. The Kier molecular flexibility index (Phi) is 6.48. The van der Waals surface area contributed by atoms with Gasteiger partial charge in [0.1, 0.15) is 17.3 Å². The average molecular weight is 536 g/mol. The van der Waals surface area contributed by atoms with Crippen molar-refractivity contribution >= 4 is 23.8 Å². The maximum absolute atomic E-state index is 13.9. The number of halogens is 3. The van der Waals surface area contributed by atoms with Crippen LogP contribution in [-0.4, -0.2) is 70.1 Å². The zero-order chi connectivity index (χ0) is 27.1. The molecule has 39 heavy (non-hydrogen) atoms. The van der Waals surface area contributed by atoms with E-state index in [0.717, 1.165) is 23.3 Å². The summed E-state index contributed by atoms with van der Waals surface area (Å²) in [5.41, 5.74) is 6.96. The molecule has 2 N–H and O–H groups in total. The third-order valence-electron chi connectivity index (χ3n) is 7.42. The van der Waals surface area contributed by atoms with Gasteiger partial charge in [0.2, 0.25) is 5.91 Å². The Labute approximate surface area is 223 Å². The number of amidine groups is 1. The number of anilines is 1. The Balaban J connectivity index is 1.38. The number of hydrogen-bond donors (Lipinski definition) is 1. The van der Waals surface area contributed by atoms with Crippen molar-refractivity contribution in [2.75, 3.05) is 37.6 Å². The van der Waals surface area contributed by atoms with E-state index in [0.29, 0.717) is 38.3 Å². The van der Waals surface area contributed by atoms with Crippen molar-refractivity contribution in [2.45, 2.75) is 25.3 Å². The maximum Gasteiger partial charge on any atom is 0.417 e. The molecule has 3 aromatic rings. The molecule has 1 fully saturated rings. The van der Waals surface area contributed by atoms with E-state index < -0.39 is 11.7 Å². The van der Waals surface area contributed by atoms with Crippen molar-refractivity contribution in [3.63, 3.8) is 0 Å². The molecule has 0 bridgehead atoms. The summed E-state index contributed by atoms with van der Waals surface area (Å²) in [4.78, 5) is 23.1. The fourth-order valence-corrected chi connectivity index (χ4v) is 5.71. The third kappa shape index (κ3) is 4.83. The topological polar surface area (TPSA) is 83.0 Å². The van der Waals surface area contributed by atoms with Gasteiger partial charge >= 0.3 is 6.18 Å². The van der Waals surface area contributed by atoms with Gasteiger partial charge in [-0.15, -0.1) is 0 Å². The van der Waals surface area contributed by atoms with E-state index in [1.54, 1.807) is 16.9 Å². The lowest BCUT2D eigenvalue weighted by Gasteiger charge is -2.45. The monoisotopic (exact) mass is 535 g/mol. The molecule has 6 rings (SSSR count). The van der Waals surface area contributed by atoms with Gasteiger partial charge in [-0.1, -0.05) is 48.5 Å². The van der Waals surface area contributed by atoms with Gasteiger partial charge in [0.05, 0.1) is 24.7 Å². The summed E-state index contributed by atoms with van der Waals surface area (Å²) in [6, 6.07) is 15.5. The van der Waals surface area contributed by atoms with Crippen LogP contribution in [0.25, 0.3) is 17.5 Å². The minimum absolute atomic E-state index is 0.0462. The molecule has 8 nitrogen and oxygen atoms in total. The summed E-state index contributed by atoms with van der Waals surface area (Å²) in [5, 5.41) is 4.61. The van der Waals surface area contributed by atoms with E-state index in [9.17, 15) is 18.0 Å². The molecule has 0 aliphatic carbocycles. The van der Waals surface area contributed by atoms with Crippen LogP contribution in [0, 0.1) is 0 Å². The van der Waals surface area contributed by atoms with Crippen LogP contribution >= 0.6 is 0 Å². The minimum Gasteiger partial charge on any atom is -0.369 e. The van der Waals surface area contributed by atoms with Crippen molar-refractivity contribution in [2.24, 2.45) is 10.7 Å². The number of benzene rings is 2. The first-order valence-electron chi connectivity index (χ1n) is 12.8. The van der Waals surface area contributed by atoms with Crippen LogP contribution in [0.3, 0.4) is 0 Å². The van der Waals surface area contributed by atoms with Gasteiger partial charge in [-0.3, -0.25) is 19.6 Å². The summed E-state index contributed by atoms with van der Waals surface area (Å²) < 4.78 is 43.3. The van der Waals surface area contributed by atoms with E-state index in [2.05, 4.69) is 22.1 Å². The van der Waals surface area contributed by atoms with Crippen molar-refractivity contribution in [1.29, 1.82) is 0 Å². The largest absolute Gasteiger partial charge is 0.417 e. The molecule has 1 aromatic heterocycles. The third-order valence-corrected chi connectivity index (χ3v) is 7.42. The Morgan fingerprint density at radius 3 is 2.59 bits per heavy atom. The first-order chi connectivity index (χ1) is 18.8. The first kappa shape index (κ1) is 25.3. The number of amides is 1. The molecule has 11 heteroatoms. The summed E-state index contributed by atoms with van der Waals surface area (Å²) >= 11 is 0. The lowest BCUT2D eigenvalue weighted by molar-refractivity contribution is -0.137. The van der Waals surface area contributed by atoms with Gasteiger partial charge < -0.3 is 10.6 Å². The molecule has 0 radical (unpaired) electrons. The molecule has 202 valence electrons. The maximum atomic E-state index is 13.9. The van der Waals surface area contributed by atoms with Crippen LogP contribution in [0.1, 0.15) is 16.7 Å². The van der Waals surface area contributed by atoms with Gasteiger partial charge in [-0.05, 0) is 17.7 Å². The summed E-state index contributed by atoms with van der Waals surface area (Å²) in [5.74, 6) is 1.17. The lowest BCUT2D eigenvalue weighted by Crippen LogP contribution is -2.61. The van der Waals surface area contributed by atoms with Crippen molar-refractivity contribution < 1.29 is 18.0 Å². The number of hydrogen-bond acceptors (Lipinski definition) is 6. The predicted molar refractivity (Wildman–Crippen MR) is 143 cm³/mol. The zero-order valence-corrected chi connectivity index (χ0v) is 21.2. The highest BCUT2D eigenvalue weighted by Gasteiger charge is 2.40. The zero-order valence-electron chi connectivity index (χ0n) is 21.2. The van der Waals surface area contributed by atoms with E-state index in [-0.39, 0.29) is 36.3 Å². The molecule has 2 aromatic carbocycles. The SMILES string of the molecule is NC(=O)CN1CCN(Cc2ccccc2)C(C2=NCc3c(-c4ccccc4C(F)(F)F)nn4c3N2CC=C4)C1. The first-order valence-corrected chi connectivity index (χ1v) is 12.8. The van der Waals surface area contributed by atoms with Crippen LogP contribution in [0.5, 0.6) is 0 Å². The Morgan fingerprint density at radius 1 is 1.05 bits per heavy atom. The van der Waals surface area contributed by atoms with E-state index >= 15 is 0 Å². The highest BCUT2D eigenvalue weighted by Crippen LogP contribution is 2.42. The molecular formula is C28H28F3N7O. The van der Waals surface area contributed by atoms with Crippen LogP contribution in [0.2, 0.25) is 0 Å². The fraction of sp³-hybridized carbons (Fsp3) is 0.321. The average Bonchev–Trinajstić information content (AvgIpc) is 3.30. The van der Waals surface area contributed by atoms with E-state index in [1.807, 2.05) is 34.1 Å². The number of nitrogens with zero attached hydrogens (tertiary/aromatic N) is 6. The number of carbonyl (C=O) groups is 1. The lowest BCUT2D eigenvalue weighted by atomic mass is 9.99. The number of nitrogens with two attached hydrogens (primary N) is 1. The van der Waals surface area contributed by atoms with Crippen LogP contribution in [0.4, 0.5) is 19.0 Å². The van der Waals surface area contributed by atoms with Crippen molar-refractivity contribution in [3.8, 4) is 11.3 Å². The second-order valence-corrected chi connectivity index (χ2v) is 9.98. The molecule has 3 aliphatic heterocycles.